The number of nitrogens with zero attached hydrogens (tertiary/aromatic N) is 3. The van der Waals surface area contributed by atoms with Crippen LogP contribution in [0.1, 0.15) is 49.1 Å². The number of fused-ring (bicyclic) bond motifs is 1. The van der Waals surface area contributed by atoms with Crippen molar-refractivity contribution in [2.75, 3.05) is 6.61 Å². The molecule has 0 unspecified atom stereocenters. The molecule has 0 spiro atoms. The Morgan fingerprint density at radius 2 is 1.81 bits per heavy atom. The van der Waals surface area contributed by atoms with Crippen LogP contribution in [0.15, 0.2) is 47.3 Å². The summed E-state index contributed by atoms with van der Waals surface area (Å²) in [7, 11) is 1.76. The monoisotopic (exact) mass is 489 g/mol. The van der Waals surface area contributed by atoms with Gasteiger partial charge in [-0.15, -0.1) is 0 Å². The molecular weight excluding hydrogens is 458 g/mol. The van der Waals surface area contributed by atoms with Crippen LogP contribution in [-0.4, -0.2) is 37.5 Å². The number of aryl methyl sites for hydroxylation is 3. The molecule has 0 fully saturated rings. The lowest BCUT2D eigenvalue weighted by atomic mass is 10.00. The predicted molar refractivity (Wildman–Crippen MR) is 137 cm³/mol. The highest BCUT2D eigenvalue weighted by atomic mass is 16.5. The first-order chi connectivity index (χ1) is 17.4. The number of carbonyl (C=O) groups is 1. The lowest BCUT2D eigenvalue weighted by Crippen LogP contribution is -2.18. The third-order valence-corrected chi connectivity index (χ3v) is 6.04. The van der Waals surface area contributed by atoms with Crippen LogP contribution in [0, 0.1) is 0 Å². The summed E-state index contributed by atoms with van der Waals surface area (Å²) in [4.78, 5) is 32.0. The van der Waals surface area contributed by atoms with Gasteiger partial charge in [0.2, 0.25) is 5.91 Å². The van der Waals surface area contributed by atoms with Crippen LogP contribution in [0.2, 0.25) is 0 Å². The fourth-order valence-electron chi connectivity index (χ4n) is 4.31. The first-order valence-electron chi connectivity index (χ1n) is 12.2. The topological polar surface area (TPSA) is 122 Å². The van der Waals surface area contributed by atoms with Crippen LogP contribution in [0.4, 0.5) is 0 Å². The third-order valence-electron chi connectivity index (χ3n) is 6.04. The Labute approximate surface area is 209 Å². The number of benzene rings is 2. The third kappa shape index (κ3) is 5.46. The molecule has 9 nitrogen and oxygen atoms in total. The van der Waals surface area contributed by atoms with Gasteiger partial charge in [-0.1, -0.05) is 43.7 Å². The minimum Gasteiger partial charge on any atom is -0.493 e. The Morgan fingerprint density at radius 3 is 2.50 bits per heavy atom. The summed E-state index contributed by atoms with van der Waals surface area (Å²) in [6.45, 7) is 4.48. The number of hydrogen-bond acceptors (Lipinski definition) is 6. The summed E-state index contributed by atoms with van der Waals surface area (Å²) in [5, 5.41) is 13.2. The van der Waals surface area contributed by atoms with E-state index in [9.17, 15) is 9.59 Å². The van der Waals surface area contributed by atoms with Crippen LogP contribution in [0.3, 0.4) is 0 Å². The molecule has 9 heteroatoms. The van der Waals surface area contributed by atoms with E-state index < -0.39 is 5.91 Å². The standard InChI is InChI=1S/C27H31N5O4/c1-4-6-21-24-25(32(3)30-21)27(34)29-26(28-24)20-16-19(11-13-22(20)36-5-2)15-18-9-7-17(8-10-18)12-14-23(33)31-35/h7-11,13,16,35H,4-6,12,14-15H2,1-3H3,(H,31,33)(H,28,29,34). The molecule has 4 aromatic rings. The fourth-order valence-corrected chi connectivity index (χ4v) is 4.31. The van der Waals surface area contributed by atoms with E-state index in [1.165, 1.54) is 0 Å². The molecule has 2 aromatic heterocycles. The number of nitrogens with one attached hydrogen (secondary N) is 2. The van der Waals surface area contributed by atoms with E-state index in [1.54, 1.807) is 17.2 Å². The molecule has 3 N–H and O–H groups in total. The van der Waals surface area contributed by atoms with Gasteiger partial charge < -0.3 is 9.72 Å². The molecule has 2 heterocycles. The van der Waals surface area contributed by atoms with E-state index in [0.29, 0.717) is 42.1 Å². The van der Waals surface area contributed by atoms with Crippen LogP contribution < -0.4 is 15.8 Å². The number of amides is 1. The molecule has 0 saturated carbocycles. The van der Waals surface area contributed by atoms with Crippen molar-refractivity contribution in [3.8, 4) is 17.1 Å². The number of carbonyl (C=O) groups excluding carboxylic acids is 1. The molecular formula is C27H31N5O4. The second-order valence-electron chi connectivity index (χ2n) is 8.72. The number of ether oxygens (including phenoxy) is 1. The van der Waals surface area contributed by atoms with Gasteiger partial charge in [0.15, 0.2) is 5.52 Å². The molecule has 2 aromatic carbocycles. The molecule has 4 rings (SSSR count). The molecule has 0 aliphatic rings. The number of hydrogen-bond donors (Lipinski definition) is 3. The summed E-state index contributed by atoms with van der Waals surface area (Å²) >= 11 is 0. The molecule has 0 radical (unpaired) electrons. The number of hydroxylamine groups is 1. The van der Waals surface area contributed by atoms with E-state index in [1.807, 2.05) is 49.4 Å². The minimum atomic E-state index is -0.404. The average Bonchev–Trinajstić information content (AvgIpc) is 3.20. The SMILES string of the molecule is CCCc1nn(C)c2c(=O)[nH]c(-c3cc(Cc4ccc(CCC(=O)NO)cc4)ccc3OCC)nc12. The van der Waals surface area contributed by atoms with Crippen molar-refractivity contribution < 1.29 is 14.7 Å². The van der Waals surface area contributed by atoms with Crippen molar-refractivity contribution in [2.45, 2.75) is 46.0 Å². The largest absolute Gasteiger partial charge is 0.493 e. The van der Waals surface area contributed by atoms with E-state index in [4.69, 9.17) is 14.9 Å². The van der Waals surface area contributed by atoms with Gasteiger partial charge in [0.05, 0.1) is 17.9 Å². The number of rotatable bonds is 10. The van der Waals surface area contributed by atoms with E-state index in [-0.39, 0.29) is 12.0 Å². The fraction of sp³-hybridized carbons (Fsp3) is 0.333. The zero-order valence-electron chi connectivity index (χ0n) is 20.8. The lowest BCUT2D eigenvalue weighted by Gasteiger charge is -2.12. The summed E-state index contributed by atoms with van der Waals surface area (Å²) in [6.07, 6.45) is 3.10. The second-order valence-corrected chi connectivity index (χ2v) is 8.72. The molecule has 0 bridgehead atoms. The van der Waals surface area contributed by atoms with Crippen LogP contribution >= 0.6 is 0 Å². The Bertz CT molecular complexity index is 1420. The van der Waals surface area contributed by atoms with Crippen molar-refractivity contribution in [1.29, 1.82) is 0 Å². The summed E-state index contributed by atoms with van der Waals surface area (Å²) < 4.78 is 7.46. The Kier molecular flexibility index (Phi) is 7.80. The maximum atomic E-state index is 13.0. The van der Waals surface area contributed by atoms with Gasteiger partial charge in [0.25, 0.3) is 5.56 Å². The zero-order chi connectivity index (χ0) is 25.7. The normalized spacial score (nSPS) is 11.1. The Morgan fingerprint density at radius 1 is 1.08 bits per heavy atom. The smallest absolute Gasteiger partial charge is 0.277 e. The van der Waals surface area contributed by atoms with Crippen molar-refractivity contribution in [1.82, 2.24) is 25.2 Å². The minimum absolute atomic E-state index is 0.227. The molecule has 0 atom stereocenters. The molecule has 1 amide bonds. The highest BCUT2D eigenvalue weighted by Crippen LogP contribution is 2.30. The van der Waals surface area contributed by atoms with Crippen molar-refractivity contribution >= 4 is 16.9 Å². The maximum Gasteiger partial charge on any atom is 0.277 e. The molecule has 0 aliphatic heterocycles. The maximum absolute atomic E-state index is 13.0. The van der Waals surface area contributed by atoms with Gasteiger partial charge in [0.1, 0.15) is 17.1 Å². The van der Waals surface area contributed by atoms with Gasteiger partial charge in [-0.05, 0) is 55.0 Å². The van der Waals surface area contributed by atoms with Crippen LogP contribution in [-0.2, 0) is 31.1 Å². The van der Waals surface area contributed by atoms with E-state index in [2.05, 4.69) is 17.0 Å². The second kappa shape index (κ2) is 11.2. The van der Waals surface area contributed by atoms with Crippen LogP contribution in [0.25, 0.3) is 22.4 Å². The van der Waals surface area contributed by atoms with Gasteiger partial charge in [-0.3, -0.25) is 19.5 Å². The first kappa shape index (κ1) is 25.1. The van der Waals surface area contributed by atoms with Gasteiger partial charge in [-0.25, -0.2) is 10.5 Å². The zero-order valence-corrected chi connectivity index (χ0v) is 20.8. The van der Waals surface area contributed by atoms with Gasteiger partial charge in [0, 0.05) is 13.5 Å². The molecule has 188 valence electrons. The van der Waals surface area contributed by atoms with E-state index >= 15 is 0 Å². The summed E-state index contributed by atoms with van der Waals surface area (Å²) in [6, 6.07) is 14.0. The van der Waals surface area contributed by atoms with Gasteiger partial charge >= 0.3 is 0 Å². The molecule has 0 saturated heterocycles. The Hall–Kier alpha value is -3.98. The van der Waals surface area contributed by atoms with E-state index in [0.717, 1.165) is 40.8 Å². The number of aromatic nitrogens is 4. The number of aromatic amines is 1. The van der Waals surface area contributed by atoms with Crippen molar-refractivity contribution in [3.05, 3.63) is 75.2 Å². The number of H-pyrrole nitrogens is 1. The summed E-state index contributed by atoms with van der Waals surface area (Å²) in [5.41, 5.74) is 7.22. The molecule has 0 aliphatic carbocycles. The van der Waals surface area contributed by atoms with Gasteiger partial charge in [-0.2, -0.15) is 5.10 Å². The lowest BCUT2D eigenvalue weighted by molar-refractivity contribution is -0.129. The van der Waals surface area contributed by atoms with Crippen LogP contribution in [0.5, 0.6) is 5.75 Å². The van der Waals surface area contributed by atoms with Crippen molar-refractivity contribution in [2.24, 2.45) is 7.05 Å². The Balaban J connectivity index is 1.66. The average molecular weight is 490 g/mol. The summed E-state index contributed by atoms with van der Waals surface area (Å²) in [5.74, 6) is 0.710. The first-order valence-corrected chi connectivity index (χ1v) is 12.2. The van der Waals surface area contributed by atoms with Crippen molar-refractivity contribution in [3.63, 3.8) is 0 Å². The predicted octanol–water partition coefficient (Wildman–Crippen LogP) is 3.70. The highest BCUT2D eigenvalue weighted by Gasteiger charge is 2.18. The molecule has 36 heavy (non-hydrogen) atoms. The highest BCUT2D eigenvalue weighted by molar-refractivity contribution is 5.80. The quantitative estimate of drug-likeness (QED) is 0.231.